The van der Waals surface area contributed by atoms with Crippen LogP contribution in [0, 0.1) is 0 Å². The van der Waals surface area contributed by atoms with Crippen LogP contribution in [0.25, 0.3) is 10.9 Å². The first-order chi connectivity index (χ1) is 9.25. The maximum Gasteiger partial charge on any atom is 0.180 e. The van der Waals surface area contributed by atoms with E-state index in [9.17, 15) is 4.79 Å². The first-order valence-electron chi connectivity index (χ1n) is 6.62. The van der Waals surface area contributed by atoms with E-state index < -0.39 is 0 Å². The normalized spacial score (nSPS) is 15.7. The summed E-state index contributed by atoms with van der Waals surface area (Å²) in [6.07, 6.45) is 0. The molecule has 1 fully saturated rings. The average molecular weight is 255 g/mol. The van der Waals surface area contributed by atoms with Gasteiger partial charge in [0.25, 0.3) is 0 Å². The number of benzene rings is 1. The van der Waals surface area contributed by atoms with Crippen molar-refractivity contribution < 1.29 is 4.79 Å². The third-order valence-electron chi connectivity index (χ3n) is 3.50. The van der Waals surface area contributed by atoms with Crippen LogP contribution in [0.5, 0.6) is 0 Å². The van der Waals surface area contributed by atoms with E-state index in [4.69, 9.17) is 0 Å². The molecule has 0 radical (unpaired) electrons. The number of carbonyl (C=O) groups is 1. The van der Waals surface area contributed by atoms with Gasteiger partial charge in [-0.3, -0.25) is 4.79 Å². The average Bonchev–Trinajstić information content (AvgIpc) is 2.46. The van der Waals surface area contributed by atoms with E-state index in [0.29, 0.717) is 5.69 Å². The van der Waals surface area contributed by atoms with E-state index in [1.807, 2.05) is 24.3 Å². The number of nitrogens with zero attached hydrogens (tertiary/aromatic N) is 2. The van der Waals surface area contributed by atoms with Crippen molar-refractivity contribution in [2.75, 3.05) is 31.1 Å². The summed E-state index contributed by atoms with van der Waals surface area (Å²) in [5, 5.41) is 4.41. The lowest BCUT2D eigenvalue weighted by Gasteiger charge is -2.30. The molecule has 0 saturated carbocycles. The van der Waals surface area contributed by atoms with Crippen molar-refractivity contribution in [1.29, 1.82) is 0 Å². The predicted molar refractivity (Wildman–Crippen MR) is 76.8 cm³/mol. The van der Waals surface area contributed by atoms with Gasteiger partial charge in [0.2, 0.25) is 0 Å². The highest BCUT2D eigenvalue weighted by Crippen LogP contribution is 2.25. The number of nitrogens with one attached hydrogen (secondary N) is 1. The molecule has 4 nitrogen and oxygen atoms in total. The molecule has 4 heteroatoms. The summed E-state index contributed by atoms with van der Waals surface area (Å²) >= 11 is 0. The molecule has 1 saturated heterocycles. The lowest BCUT2D eigenvalue weighted by Crippen LogP contribution is -2.44. The molecule has 0 spiro atoms. The molecule has 1 N–H and O–H groups in total. The van der Waals surface area contributed by atoms with Crippen LogP contribution in [0.4, 0.5) is 5.69 Å². The number of rotatable bonds is 2. The van der Waals surface area contributed by atoms with Crippen molar-refractivity contribution in [3.63, 3.8) is 0 Å². The van der Waals surface area contributed by atoms with Crippen molar-refractivity contribution in [2.45, 2.75) is 6.92 Å². The van der Waals surface area contributed by atoms with Gasteiger partial charge >= 0.3 is 0 Å². The fourth-order valence-corrected chi connectivity index (χ4v) is 2.51. The molecule has 19 heavy (non-hydrogen) atoms. The van der Waals surface area contributed by atoms with Crippen LogP contribution >= 0.6 is 0 Å². The quantitative estimate of drug-likeness (QED) is 0.832. The molecule has 98 valence electrons. The van der Waals surface area contributed by atoms with Gasteiger partial charge in [-0.2, -0.15) is 0 Å². The molecule has 3 rings (SSSR count). The Bertz CT molecular complexity index is 618. The molecule has 1 aromatic heterocycles. The SMILES string of the molecule is CC(=O)c1nc2ccccc2cc1N1CCNCC1. The Morgan fingerprint density at radius 1 is 1.26 bits per heavy atom. The van der Waals surface area contributed by atoms with Crippen molar-refractivity contribution in [2.24, 2.45) is 0 Å². The fourth-order valence-electron chi connectivity index (χ4n) is 2.51. The molecule has 0 atom stereocenters. The van der Waals surface area contributed by atoms with Crippen molar-refractivity contribution in [3.05, 3.63) is 36.0 Å². The first kappa shape index (κ1) is 12.1. The van der Waals surface area contributed by atoms with Crippen molar-refractivity contribution in [1.82, 2.24) is 10.3 Å². The Hall–Kier alpha value is -1.94. The summed E-state index contributed by atoms with van der Waals surface area (Å²) in [4.78, 5) is 18.6. The van der Waals surface area contributed by atoms with Gasteiger partial charge in [0, 0.05) is 38.5 Å². The minimum absolute atomic E-state index is 0.0271. The Kier molecular flexibility index (Phi) is 3.17. The highest BCUT2D eigenvalue weighted by Gasteiger charge is 2.18. The van der Waals surface area contributed by atoms with E-state index in [2.05, 4.69) is 21.3 Å². The van der Waals surface area contributed by atoms with Gasteiger partial charge in [-0.25, -0.2) is 4.98 Å². The zero-order valence-electron chi connectivity index (χ0n) is 11.0. The van der Waals surface area contributed by atoms with Crippen LogP contribution in [-0.4, -0.2) is 36.9 Å². The summed E-state index contributed by atoms with van der Waals surface area (Å²) in [6.45, 7) is 5.32. The number of aromatic nitrogens is 1. The molecular formula is C15H17N3O. The van der Waals surface area contributed by atoms with Gasteiger partial charge in [0.05, 0.1) is 11.2 Å². The number of anilines is 1. The van der Waals surface area contributed by atoms with Gasteiger partial charge in [-0.1, -0.05) is 18.2 Å². The fraction of sp³-hybridized carbons (Fsp3) is 0.333. The maximum absolute atomic E-state index is 11.8. The predicted octanol–water partition coefficient (Wildman–Crippen LogP) is 1.85. The van der Waals surface area contributed by atoms with Crippen LogP contribution in [0.15, 0.2) is 30.3 Å². The number of pyridine rings is 1. The zero-order valence-corrected chi connectivity index (χ0v) is 11.0. The van der Waals surface area contributed by atoms with Crippen LogP contribution in [0.1, 0.15) is 17.4 Å². The van der Waals surface area contributed by atoms with Crippen LogP contribution < -0.4 is 10.2 Å². The highest BCUT2D eigenvalue weighted by atomic mass is 16.1. The van der Waals surface area contributed by atoms with Gasteiger partial charge in [0.1, 0.15) is 5.69 Å². The first-order valence-corrected chi connectivity index (χ1v) is 6.62. The molecule has 1 aliphatic heterocycles. The molecule has 0 unspecified atom stereocenters. The lowest BCUT2D eigenvalue weighted by atomic mass is 10.1. The van der Waals surface area contributed by atoms with Crippen LogP contribution in [-0.2, 0) is 0 Å². The molecule has 1 aromatic carbocycles. The number of carbonyl (C=O) groups excluding carboxylic acids is 1. The minimum atomic E-state index is 0.0271. The molecule has 0 bridgehead atoms. The van der Waals surface area contributed by atoms with Crippen LogP contribution in [0.3, 0.4) is 0 Å². The molecule has 1 aliphatic rings. The smallest absolute Gasteiger partial charge is 0.180 e. The number of ketones is 1. The largest absolute Gasteiger partial charge is 0.367 e. The maximum atomic E-state index is 11.8. The number of fused-ring (bicyclic) bond motifs is 1. The Labute approximate surface area is 112 Å². The summed E-state index contributed by atoms with van der Waals surface area (Å²) < 4.78 is 0. The molecule has 2 heterocycles. The zero-order chi connectivity index (χ0) is 13.2. The van der Waals surface area contributed by atoms with E-state index >= 15 is 0 Å². The van der Waals surface area contributed by atoms with E-state index in [1.54, 1.807) is 6.92 Å². The Morgan fingerprint density at radius 3 is 2.74 bits per heavy atom. The molecule has 2 aromatic rings. The number of hydrogen-bond acceptors (Lipinski definition) is 4. The molecule has 0 aliphatic carbocycles. The summed E-state index contributed by atoms with van der Waals surface area (Å²) in [5.74, 6) is 0.0271. The summed E-state index contributed by atoms with van der Waals surface area (Å²) in [7, 11) is 0. The second-order valence-electron chi connectivity index (χ2n) is 4.84. The lowest BCUT2D eigenvalue weighted by molar-refractivity contribution is 0.101. The molecular weight excluding hydrogens is 238 g/mol. The van der Waals surface area contributed by atoms with Gasteiger partial charge in [-0.15, -0.1) is 0 Å². The van der Waals surface area contributed by atoms with Crippen molar-refractivity contribution >= 4 is 22.4 Å². The monoisotopic (exact) mass is 255 g/mol. The van der Waals surface area contributed by atoms with E-state index in [0.717, 1.165) is 42.8 Å². The van der Waals surface area contributed by atoms with Gasteiger partial charge < -0.3 is 10.2 Å². The number of para-hydroxylation sites is 1. The third-order valence-corrected chi connectivity index (χ3v) is 3.50. The second-order valence-corrected chi connectivity index (χ2v) is 4.84. The van der Waals surface area contributed by atoms with E-state index in [1.165, 1.54) is 0 Å². The summed E-state index contributed by atoms with van der Waals surface area (Å²) in [5.41, 5.74) is 2.43. The third kappa shape index (κ3) is 2.31. The van der Waals surface area contributed by atoms with Crippen molar-refractivity contribution in [3.8, 4) is 0 Å². The minimum Gasteiger partial charge on any atom is -0.367 e. The number of Topliss-reactive ketones (excluding diaryl/α,β-unsaturated/α-hetero) is 1. The van der Waals surface area contributed by atoms with Gasteiger partial charge in [-0.05, 0) is 12.1 Å². The standard InChI is InChI=1S/C15H17N3O/c1-11(19)15-14(18-8-6-16-7-9-18)10-12-4-2-3-5-13(12)17-15/h2-5,10,16H,6-9H2,1H3. The highest BCUT2D eigenvalue weighted by molar-refractivity contribution is 6.01. The van der Waals surface area contributed by atoms with Crippen LogP contribution in [0.2, 0.25) is 0 Å². The van der Waals surface area contributed by atoms with E-state index in [-0.39, 0.29) is 5.78 Å². The Morgan fingerprint density at radius 2 is 2.00 bits per heavy atom. The summed E-state index contributed by atoms with van der Waals surface area (Å²) in [6, 6.07) is 10.0. The second kappa shape index (κ2) is 4.97. The Balaban J connectivity index is 2.14. The molecule has 0 amide bonds. The topological polar surface area (TPSA) is 45.2 Å². The van der Waals surface area contributed by atoms with Gasteiger partial charge in [0.15, 0.2) is 5.78 Å². The number of hydrogen-bond donors (Lipinski definition) is 1. The number of piperazine rings is 1.